The molecule has 118 valence electrons. The van der Waals surface area contributed by atoms with Crippen LogP contribution in [0.1, 0.15) is 5.56 Å². The number of aromatic nitrogens is 1. The Morgan fingerprint density at radius 2 is 1.82 bits per heavy atom. The Hall–Kier alpha value is -2.29. The minimum absolute atomic E-state index is 0.228. The van der Waals surface area contributed by atoms with Crippen LogP contribution in [-0.4, -0.2) is 19.7 Å². The molecule has 5 nitrogen and oxygen atoms in total. The van der Waals surface area contributed by atoms with Gasteiger partial charge in [-0.1, -0.05) is 6.07 Å². The minimum Gasteiger partial charge on any atom is -0.340 e. The fraction of sp³-hybridized carbons (Fsp3) is 0.154. The Balaban J connectivity index is 2.14. The summed E-state index contributed by atoms with van der Waals surface area (Å²) in [6.45, 7) is 0. The molecule has 0 aliphatic rings. The van der Waals surface area contributed by atoms with Gasteiger partial charge >= 0.3 is 6.18 Å². The fourth-order valence-corrected chi connectivity index (χ4v) is 2.21. The van der Waals surface area contributed by atoms with Crippen molar-refractivity contribution in [3.05, 3.63) is 48.2 Å². The minimum atomic E-state index is -4.42. The summed E-state index contributed by atoms with van der Waals surface area (Å²) in [6.07, 6.45) is -2.16. The van der Waals surface area contributed by atoms with Crippen LogP contribution in [0.4, 0.5) is 30.4 Å². The monoisotopic (exact) mass is 331 g/mol. The molecule has 0 aliphatic heterocycles. The molecule has 1 heterocycles. The molecule has 0 atom stereocenters. The van der Waals surface area contributed by atoms with Gasteiger partial charge in [-0.25, -0.2) is 13.4 Å². The highest BCUT2D eigenvalue weighted by molar-refractivity contribution is 7.92. The predicted molar refractivity (Wildman–Crippen MR) is 77.4 cm³/mol. The summed E-state index contributed by atoms with van der Waals surface area (Å²) >= 11 is 0. The van der Waals surface area contributed by atoms with Crippen molar-refractivity contribution in [2.24, 2.45) is 0 Å². The van der Waals surface area contributed by atoms with Crippen LogP contribution in [-0.2, 0) is 16.2 Å². The number of alkyl halides is 3. The maximum Gasteiger partial charge on any atom is 0.416 e. The zero-order valence-corrected chi connectivity index (χ0v) is 12.2. The quantitative estimate of drug-likeness (QED) is 0.902. The van der Waals surface area contributed by atoms with E-state index in [1.165, 1.54) is 30.5 Å². The summed E-state index contributed by atoms with van der Waals surface area (Å²) in [7, 11) is -3.41. The Labute approximate surface area is 125 Å². The summed E-state index contributed by atoms with van der Waals surface area (Å²) in [6, 6.07) is 7.59. The number of benzene rings is 1. The van der Waals surface area contributed by atoms with E-state index in [-0.39, 0.29) is 11.4 Å². The van der Waals surface area contributed by atoms with Gasteiger partial charge in [0.15, 0.2) is 0 Å². The van der Waals surface area contributed by atoms with Crippen LogP contribution in [0.2, 0.25) is 0 Å². The van der Waals surface area contributed by atoms with Gasteiger partial charge in [-0.05, 0) is 30.3 Å². The van der Waals surface area contributed by atoms with Gasteiger partial charge < -0.3 is 5.32 Å². The lowest BCUT2D eigenvalue weighted by Crippen LogP contribution is -2.09. The Morgan fingerprint density at radius 1 is 1.09 bits per heavy atom. The highest BCUT2D eigenvalue weighted by Gasteiger charge is 2.30. The van der Waals surface area contributed by atoms with Crippen LogP contribution in [0.5, 0.6) is 0 Å². The van der Waals surface area contributed by atoms with Crippen LogP contribution < -0.4 is 10.0 Å². The first-order valence-corrected chi connectivity index (χ1v) is 7.91. The molecule has 0 unspecified atom stereocenters. The summed E-state index contributed by atoms with van der Waals surface area (Å²) in [4.78, 5) is 3.93. The van der Waals surface area contributed by atoms with Crippen molar-refractivity contribution in [2.45, 2.75) is 6.18 Å². The topological polar surface area (TPSA) is 71.1 Å². The second kappa shape index (κ2) is 5.84. The molecule has 0 spiro atoms. The van der Waals surface area contributed by atoms with Crippen molar-refractivity contribution in [2.75, 3.05) is 16.3 Å². The maximum absolute atomic E-state index is 12.6. The number of rotatable bonds is 4. The van der Waals surface area contributed by atoms with E-state index in [1.54, 1.807) is 0 Å². The average Bonchev–Trinajstić information content (AvgIpc) is 2.39. The molecular formula is C13H12F3N3O2S. The summed E-state index contributed by atoms with van der Waals surface area (Å²) in [5, 5.41) is 2.72. The van der Waals surface area contributed by atoms with E-state index in [9.17, 15) is 21.6 Å². The third kappa shape index (κ3) is 4.62. The van der Waals surface area contributed by atoms with E-state index in [2.05, 4.69) is 15.0 Å². The summed E-state index contributed by atoms with van der Waals surface area (Å²) in [5.41, 5.74) is -0.281. The molecule has 2 N–H and O–H groups in total. The Bertz CT molecular complexity index is 759. The lowest BCUT2D eigenvalue weighted by molar-refractivity contribution is -0.137. The zero-order chi connectivity index (χ0) is 16.4. The van der Waals surface area contributed by atoms with Crippen LogP contribution >= 0.6 is 0 Å². The molecule has 0 amide bonds. The number of nitrogens with zero attached hydrogens (tertiary/aromatic N) is 1. The molecule has 2 rings (SSSR count). The molecule has 0 saturated carbocycles. The Kier molecular flexibility index (Phi) is 4.27. The van der Waals surface area contributed by atoms with E-state index in [0.717, 1.165) is 18.4 Å². The molecule has 9 heteroatoms. The number of hydrogen-bond donors (Lipinski definition) is 2. The highest BCUT2D eigenvalue weighted by atomic mass is 32.2. The van der Waals surface area contributed by atoms with E-state index >= 15 is 0 Å². The second-order valence-corrected chi connectivity index (χ2v) is 6.26. The molecule has 22 heavy (non-hydrogen) atoms. The highest BCUT2D eigenvalue weighted by Crippen LogP contribution is 2.31. The SMILES string of the molecule is CS(=O)(=O)Nc1ccc(Nc2cccc(C(F)(F)F)c2)nc1. The molecule has 0 bridgehead atoms. The number of sulfonamides is 1. The summed E-state index contributed by atoms with van der Waals surface area (Å²) in [5.74, 6) is 0.290. The van der Waals surface area contributed by atoms with Crippen LogP contribution in [0.25, 0.3) is 0 Å². The standard InChI is InChI=1S/C13H12F3N3O2S/c1-22(20,21)19-11-5-6-12(17-8-11)18-10-4-2-3-9(7-10)13(14,15)16/h2-8,19H,1H3,(H,17,18). The van der Waals surface area contributed by atoms with Gasteiger partial charge in [0.05, 0.1) is 23.7 Å². The molecule has 2 aromatic rings. The van der Waals surface area contributed by atoms with E-state index in [4.69, 9.17) is 0 Å². The molecule has 0 aliphatic carbocycles. The fourth-order valence-electron chi connectivity index (χ4n) is 1.66. The van der Waals surface area contributed by atoms with Gasteiger partial charge in [0.1, 0.15) is 5.82 Å². The van der Waals surface area contributed by atoms with Gasteiger partial charge in [-0.15, -0.1) is 0 Å². The van der Waals surface area contributed by atoms with Crippen molar-refractivity contribution in [1.82, 2.24) is 4.98 Å². The number of halogens is 3. The summed E-state index contributed by atoms with van der Waals surface area (Å²) < 4.78 is 62.2. The van der Waals surface area contributed by atoms with E-state index in [0.29, 0.717) is 5.82 Å². The first kappa shape index (κ1) is 16.1. The molecule has 0 saturated heterocycles. The van der Waals surface area contributed by atoms with Gasteiger partial charge in [-0.3, -0.25) is 4.72 Å². The number of hydrogen-bond acceptors (Lipinski definition) is 4. The largest absolute Gasteiger partial charge is 0.416 e. The van der Waals surface area contributed by atoms with E-state index in [1.807, 2.05) is 0 Å². The van der Waals surface area contributed by atoms with Crippen molar-refractivity contribution < 1.29 is 21.6 Å². The molecule has 0 fully saturated rings. The van der Waals surface area contributed by atoms with Crippen LogP contribution in [0.3, 0.4) is 0 Å². The van der Waals surface area contributed by atoms with Crippen molar-refractivity contribution in [3.63, 3.8) is 0 Å². The molecular weight excluding hydrogens is 319 g/mol. The normalized spacial score (nSPS) is 12.0. The number of pyridine rings is 1. The van der Waals surface area contributed by atoms with Crippen molar-refractivity contribution >= 4 is 27.2 Å². The van der Waals surface area contributed by atoms with Gasteiger partial charge in [0, 0.05) is 5.69 Å². The second-order valence-electron chi connectivity index (χ2n) is 4.51. The van der Waals surface area contributed by atoms with Crippen molar-refractivity contribution in [3.8, 4) is 0 Å². The van der Waals surface area contributed by atoms with Gasteiger partial charge in [-0.2, -0.15) is 13.2 Å². The molecule has 1 aromatic carbocycles. The third-order valence-electron chi connectivity index (χ3n) is 2.53. The lowest BCUT2D eigenvalue weighted by atomic mass is 10.2. The zero-order valence-electron chi connectivity index (χ0n) is 11.3. The molecule has 1 aromatic heterocycles. The van der Waals surface area contributed by atoms with E-state index < -0.39 is 21.8 Å². The van der Waals surface area contributed by atoms with Gasteiger partial charge in [0.25, 0.3) is 0 Å². The smallest absolute Gasteiger partial charge is 0.340 e. The number of anilines is 3. The Morgan fingerprint density at radius 3 is 2.36 bits per heavy atom. The van der Waals surface area contributed by atoms with Crippen LogP contribution in [0.15, 0.2) is 42.6 Å². The average molecular weight is 331 g/mol. The maximum atomic E-state index is 12.6. The first-order chi connectivity index (χ1) is 10.1. The predicted octanol–water partition coefficient (Wildman–Crippen LogP) is 3.22. The third-order valence-corrected chi connectivity index (χ3v) is 3.14. The van der Waals surface area contributed by atoms with Crippen molar-refractivity contribution in [1.29, 1.82) is 0 Å². The van der Waals surface area contributed by atoms with Crippen LogP contribution in [0, 0.1) is 0 Å². The molecule has 0 radical (unpaired) electrons. The first-order valence-electron chi connectivity index (χ1n) is 6.02. The van der Waals surface area contributed by atoms with Gasteiger partial charge in [0.2, 0.25) is 10.0 Å². The lowest BCUT2D eigenvalue weighted by Gasteiger charge is -2.10. The number of nitrogens with one attached hydrogen (secondary N) is 2.